The van der Waals surface area contributed by atoms with E-state index in [9.17, 15) is 14.0 Å². The van der Waals surface area contributed by atoms with Gasteiger partial charge in [-0.25, -0.2) is 9.07 Å². The van der Waals surface area contributed by atoms with Crippen molar-refractivity contribution in [2.45, 2.75) is 57.4 Å². The van der Waals surface area contributed by atoms with Gasteiger partial charge in [0.25, 0.3) is 5.56 Å². The maximum absolute atomic E-state index is 14.1. The molecule has 7 heteroatoms. The number of hydrogen-bond acceptors (Lipinski definition) is 4. The van der Waals surface area contributed by atoms with Gasteiger partial charge in [-0.3, -0.25) is 9.59 Å². The van der Waals surface area contributed by atoms with Crippen molar-refractivity contribution in [3.8, 4) is 17.0 Å². The number of amides is 1. The number of ether oxygens (including phenoxy) is 1. The summed E-state index contributed by atoms with van der Waals surface area (Å²) in [5, 5.41) is 4.52. The van der Waals surface area contributed by atoms with E-state index in [1.54, 1.807) is 18.2 Å². The van der Waals surface area contributed by atoms with Crippen LogP contribution >= 0.6 is 0 Å². The summed E-state index contributed by atoms with van der Waals surface area (Å²) >= 11 is 0. The Labute approximate surface area is 182 Å². The maximum Gasteiger partial charge on any atom is 0.267 e. The topological polar surface area (TPSA) is 64.4 Å². The van der Waals surface area contributed by atoms with E-state index in [2.05, 4.69) is 5.10 Å². The minimum Gasteiger partial charge on any atom is -0.494 e. The average Bonchev–Trinajstić information content (AvgIpc) is 2.80. The molecule has 6 nitrogen and oxygen atoms in total. The summed E-state index contributed by atoms with van der Waals surface area (Å²) in [6.45, 7) is 1.29. The molecule has 1 aromatic heterocycles. The Balaban J connectivity index is 1.42. The molecule has 0 unspecified atom stereocenters. The van der Waals surface area contributed by atoms with Crippen molar-refractivity contribution in [1.82, 2.24) is 14.7 Å². The fourth-order valence-electron chi connectivity index (χ4n) is 4.79. The molecule has 0 atom stereocenters. The minimum atomic E-state index is -0.468. The third kappa shape index (κ3) is 4.97. The van der Waals surface area contributed by atoms with E-state index in [0.29, 0.717) is 49.5 Å². The number of nitrogens with zero attached hydrogens (tertiary/aromatic N) is 3. The molecule has 2 heterocycles. The first kappa shape index (κ1) is 21.5. The summed E-state index contributed by atoms with van der Waals surface area (Å²) in [6, 6.07) is 7.68. The first-order valence-electron chi connectivity index (χ1n) is 11.3. The summed E-state index contributed by atoms with van der Waals surface area (Å²) in [5.74, 6) is 0.477. The zero-order chi connectivity index (χ0) is 21.8. The van der Waals surface area contributed by atoms with Crippen molar-refractivity contribution in [3.63, 3.8) is 0 Å². The van der Waals surface area contributed by atoms with Gasteiger partial charge in [0.1, 0.15) is 0 Å². The molecule has 1 amide bonds. The monoisotopic (exact) mass is 427 g/mol. The lowest BCUT2D eigenvalue weighted by Gasteiger charge is -2.33. The van der Waals surface area contributed by atoms with Crippen LogP contribution in [0, 0.1) is 11.7 Å². The Morgan fingerprint density at radius 2 is 1.84 bits per heavy atom. The minimum absolute atomic E-state index is 0.0609. The average molecular weight is 428 g/mol. The molecule has 2 aromatic rings. The van der Waals surface area contributed by atoms with E-state index in [-0.39, 0.29) is 23.3 Å². The third-order valence-corrected chi connectivity index (χ3v) is 6.62. The molecule has 1 saturated heterocycles. The quantitative estimate of drug-likeness (QED) is 0.718. The fraction of sp³-hybridized carbons (Fsp3) is 0.542. The van der Waals surface area contributed by atoms with Crippen LogP contribution in [0.4, 0.5) is 4.39 Å². The standard InChI is InChI=1S/C24H30FN3O3/c1-31-22-9-7-18(16-20(22)25)21-8-10-23(29)28(26-21)19-11-13-27(14-12-19)24(30)15-17-5-3-2-4-6-17/h7-10,16-17,19H,2-6,11-15H2,1H3. The number of methoxy groups -OCH3 is 1. The number of aromatic nitrogens is 2. The molecule has 166 valence electrons. The number of carbonyl (C=O) groups excluding carboxylic acids is 1. The third-order valence-electron chi connectivity index (χ3n) is 6.62. The number of halogens is 1. The van der Waals surface area contributed by atoms with Crippen LogP contribution < -0.4 is 10.3 Å². The second-order valence-electron chi connectivity index (χ2n) is 8.67. The van der Waals surface area contributed by atoms with E-state index in [0.717, 1.165) is 0 Å². The zero-order valence-corrected chi connectivity index (χ0v) is 18.1. The first-order valence-corrected chi connectivity index (χ1v) is 11.3. The Kier molecular flexibility index (Phi) is 6.68. The SMILES string of the molecule is COc1ccc(-c2ccc(=O)n(C3CCN(C(=O)CC4CCCCC4)CC3)n2)cc1F. The van der Waals surface area contributed by atoms with E-state index >= 15 is 0 Å². The van der Waals surface area contributed by atoms with Crippen LogP contribution in [0.3, 0.4) is 0 Å². The van der Waals surface area contributed by atoms with Gasteiger partial charge in [-0.2, -0.15) is 5.10 Å². The van der Waals surface area contributed by atoms with E-state index in [1.165, 1.54) is 56.0 Å². The highest BCUT2D eigenvalue weighted by molar-refractivity contribution is 5.76. The second-order valence-corrected chi connectivity index (χ2v) is 8.67. The fourth-order valence-corrected chi connectivity index (χ4v) is 4.79. The summed E-state index contributed by atoms with van der Waals surface area (Å²) in [4.78, 5) is 27.1. The van der Waals surface area contributed by atoms with Gasteiger partial charge in [0.15, 0.2) is 11.6 Å². The van der Waals surface area contributed by atoms with Crippen LogP contribution in [0.1, 0.15) is 57.4 Å². The van der Waals surface area contributed by atoms with Crippen LogP contribution in [0.25, 0.3) is 11.3 Å². The van der Waals surface area contributed by atoms with Gasteiger partial charge >= 0.3 is 0 Å². The summed E-state index contributed by atoms with van der Waals surface area (Å²) in [5.41, 5.74) is 0.953. The molecule has 31 heavy (non-hydrogen) atoms. The van der Waals surface area contributed by atoms with Crippen molar-refractivity contribution in [2.75, 3.05) is 20.2 Å². The Hall–Kier alpha value is -2.70. The molecule has 0 radical (unpaired) electrons. The van der Waals surface area contributed by atoms with Crippen molar-refractivity contribution >= 4 is 5.91 Å². The molecule has 1 saturated carbocycles. The second kappa shape index (κ2) is 9.62. The van der Waals surface area contributed by atoms with Crippen LogP contribution in [-0.4, -0.2) is 40.8 Å². The van der Waals surface area contributed by atoms with Gasteiger partial charge < -0.3 is 9.64 Å². The van der Waals surface area contributed by atoms with Gasteiger partial charge in [0.05, 0.1) is 18.8 Å². The van der Waals surface area contributed by atoms with E-state index in [4.69, 9.17) is 4.74 Å². The van der Waals surface area contributed by atoms with Crippen LogP contribution in [-0.2, 0) is 4.79 Å². The molecule has 1 aliphatic carbocycles. The Bertz CT molecular complexity index is 976. The van der Waals surface area contributed by atoms with Crippen molar-refractivity contribution in [1.29, 1.82) is 0 Å². The highest BCUT2D eigenvalue weighted by Crippen LogP contribution is 2.29. The predicted octanol–water partition coefficient (Wildman–Crippen LogP) is 4.19. The van der Waals surface area contributed by atoms with E-state index < -0.39 is 5.82 Å². The van der Waals surface area contributed by atoms with Gasteiger partial charge in [-0.1, -0.05) is 19.3 Å². The van der Waals surface area contributed by atoms with Crippen molar-refractivity contribution < 1.29 is 13.9 Å². The number of likely N-dealkylation sites (tertiary alicyclic amines) is 1. The molecule has 1 aromatic carbocycles. The lowest BCUT2D eigenvalue weighted by Crippen LogP contribution is -2.42. The molecule has 0 N–H and O–H groups in total. The molecule has 4 rings (SSSR count). The maximum atomic E-state index is 14.1. The zero-order valence-electron chi connectivity index (χ0n) is 18.1. The largest absolute Gasteiger partial charge is 0.494 e. The molecule has 2 fully saturated rings. The Morgan fingerprint density at radius 1 is 1.10 bits per heavy atom. The highest BCUT2D eigenvalue weighted by atomic mass is 19.1. The van der Waals surface area contributed by atoms with Crippen molar-refractivity contribution in [2.24, 2.45) is 5.92 Å². The molecule has 0 spiro atoms. The molecule has 1 aliphatic heterocycles. The normalized spacial score (nSPS) is 18.2. The van der Waals surface area contributed by atoms with Gasteiger partial charge in [-0.15, -0.1) is 0 Å². The van der Waals surface area contributed by atoms with Gasteiger partial charge in [0.2, 0.25) is 5.91 Å². The summed E-state index contributed by atoms with van der Waals surface area (Å²) in [7, 11) is 1.42. The van der Waals surface area contributed by atoms with Crippen molar-refractivity contribution in [3.05, 3.63) is 46.5 Å². The Morgan fingerprint density at radius 3 is 2.52 bits per heavy atom. The predicted molar refractivity (Wildman–Crippen MR) is 116 cm³/mol. The van der Waals surface area contributed by atoms with Crippen LogP contribution in [0.2, 0.25) is 0 Å². The molecular weight excluding hydrogens is 397 g/mol. The molecular formula is C24H30FN3O3. The highest BCUT2D eigenvalue weighted by Gasteiger charge is 2.27. The number of carbonyl (C=O) groups is 1. The molecule has 0 bridgehead atoms. The smallest absolute Gasteiger partial charge is 0.267 e. The lowest BCUT2D eigenvalue weighted by atomic mass is 9.86. The van der Waals surface area contributed by atoms with E-state index in [1.807, 2.05) is 4.90 Å². The summed E-state index contributed by atoms with van der Waals surface area (Å²) < 4.78 is 20.6. The van der Waals surface area contributed by atoms with Gasteiger partial charge in [0, 0.05) is 31.1 Å². The number of benzene rings is 1. The van der Waals surface area contributed by atoms with Crippen LogP contribution in [0.15, 0.2) is 35.1 Å². The number of hydrogen-bond donors (Lipinski definition) is 0. The van der Waals surface area contributed by atoms with Gasteiger partial charge in [-0.05, 0) is 55.9 Å². The van der Waals surface area contributed by atoms with Crippen LogP contribution in [0.5, 0.6) is 5.75 Å². The lowest BCUT2D eigenvalue weighted by molar-refractivity contribution is -0.133. The first-order chi connectivity index (χ1) is 15.0. The number of rotatable bonds is 5. The molecule has 2 aliphatic rings. The summed E-state index contributed by atoms with van der Waals surface area (Å²) in [6.07, 6.45) is 8.15. The number of piperidine rings is 1.